The van der Waals surface area contributed by atoms with Crippen molar-refractivity contribution in [2.24, 2.45) is 0 Å². The fourth-order valence-corrected chi connectivity index (χ4v) is 1.55. The third-order valence-corrected chi connectivity index (χ3v) is 2.41. The Morgan fingerprint density at radius 1 is 1.40 bits per heavy atom. The Balaban J connectivity index is 0.00000196. The van der Waals surface area contributed by atoms with Crippen LogP contribution in [0.4, 0.5) is 4.79 Å². The smallest absolute Gasteiger partial charge is 0.407 e. The van der Waals surface area contributed by atoms with Crippen molar-refractivity contribution in [3.8, 4) is 0 Å². The maximum absolute atomic E-state index is 11.4. The molecule has 0 aromatic heterocycles. The van der Waals surface area contributed by atoms with Gasteiger partial charge in [0.1, 0.15) is 5.60 Å². The molecule has 1 aliphatic heterocycles. The molecule has 5 heteroatoms. The van der Waals surface area contributed by atoms with Crippen molar-refractivity contribution >= 4 is 18.5 Å². The van der Waals surface area contributed by atoms with Gasteiger partial charge in [-0.15, -0.1) is 12.4 Å². The molecular formula is C10H21ClN2O2. The maximum Gasteiger partial charge on any atom is 0.407 e. The summed E-state index contributed by atoms with van der Waals surface area (Å²) >= 11 is 0. The lowest BCUT2D eigenvalue weighted by Gasteiger charge is -2.33. The predicted octanol–water partition coefficient (Wildman–Crippen LogP) is 1.68. The van der Waals surface area contributed by atoms with Gasteiger partial charge in [0.2, 0.25) is 0 Å². The summed E-state index contributed by atoms with van der Waals surface area (Å²) in [6, 6.07) is 0.132. The van der Waals surface area contributed by atoms with Gasteiger partial charge in [0.05, 0.1) is 0 Å². The summed E-state index contributed by atoms with van der Waals surface area (Å²) in [5.41, 5.74) is -0.287. The number of alkyl carbamates (subject to hydrolysis) is 1. The van der Waals surface area contributed by atoms with Crippen molar-refractivity contribution in [2.75, 3.05) is 13.1 Å². The molecule has 2 N–H and O–H groups in total. The number of ether oxygens (including phenoxy) is 1. The van der Waals surface area contributed by atoms with Crippen molar-refractivity contribution in [3.05, 3.63) is 0 Å². The molecule has 1 fully saturated rings. The molecule has 0 aliphatic carbocycles. The second-order valence-electron chi connectivity index (χ2n) is 4.39. The van der Waals surface area contributed by atoms with E-state index >= 15 is 0 Å². The lowest BCUT2D eigenvalue weighted by atomic mass is 9.95. The molecule has 0 radical (unpaired) electrons. The molecule has 1 aliphatic rings. The molecule has 1 amide bonds. The highest BCUT2D eigenvalue weighted by Crippen LogP contribution is 2.22. The molecule has 0 atom stereocenters. The van der Waals surface area contributed by atoms with Gasteiger partial charge in [-0.3, -0.25) is 0 Å². The van der Waals surface area contributed by atoms with Crippen LogP contribution < -0.4 is 10.6 Å². The summed E-state index contributed by atoms with van der Waals surface area (Å²) in [5, 5.41) is 5.98. The molecule has 4 nitrogen and oxygen atoms in total. The molecule has 0 aromatic carbocycles. The zero-order valence-corrected chi connectivity index (χ0v) is 10.4. The Labute approximate surface area is 97.5 Å². The van der Waals surface area contributed by atoms with E-state index in [1.165, 1.54) is 0 Å². The minimum Gasteiger partial charge on any atom is -0.443 e. The first kappa shape index (κ1) is 14.5. The summed E-state index contributed by atoms with van der Waals surface area (Å²) in [6.07, 6.45) is 1.47. The standard InChI is InChI=1S/C10H20N2O2.ClH/c1-8(2)12-9(13)14-10(3)4-6-11-7-5-10;/h8,11H,4-7H2,1-3H3,(H,12,13);1H. The van der Waals surface area contributed by atoms with E-state index in [0.717, 1.165) is 25.9 Å². The number of hydrogen-bond acceptors (Lipinski definition) is 3. The zero-order valence-electron chi connectivity index (χ0n) is 9.63. The van der Waals surface area contributed by atoms with Crippen LogP contribution in [0.1, 0.15) is 33.6 Å². The van der Waals surface area contributed by atoms with Gasteiger partial charge in [0, 0.05) is 6.04 Å². The van der Waals surface area contributed by atoms with Crippen LogP contribution in [0.15, 0.2) is 0 Å². The SMILES string of the molecule is CC(C)NC(=O)OC1(C)CCNCC1.Cl. The van der Waals surface area contributed by atoms with Gasteiger partial charge in [-0.2, -0.15) is 0 Å². The van der Waals surface area contributed by atoms with E-state index in [9.17, 15) is 4.79 Å². The first-order valence-corrected chi connectivity index (χ1v) is 5.22. The summed E-state index contributed by atoms with van der Waals surface area (Å²) in [7, 11) is 0. The Morgan fingerprint density at radius 2 is 1.93 bits per heavy atom. The first-order valence-electron chi connectivity index (χ1n) is 5.22. The lowest BCUT2D eigenvalue weighted by molar-refractivity contribution is 0.00203. The highest BCUT2D eigenvalue weighted by molar-refractivity contribution is 5.85. The van der Waals surface area contributed by atoms with Crippen molar-refractivity contribution in [2.45, 2.75) is 45.3 Å². The van der Waals surface area contributed by atoms with Crippen LogP contribution in [0, 0.1) is 0 Å². The van der Waals surface area contributed by atoms with Gasteiger partial charge < -0.3 is 15.4 Å². The third kappa shape index (κ3) is 5.23. The fraction of sp³-hybridized carbons (Fsp3) is 0.900. The normalized spacial score (nSPS) is 19.2. The number of carbonyl (C=O) groups excluding carboxylic acids is 1. The van der Waals surface area contributed by atoms with E-state index in [4.69, 9.17) is 4.74 Å². The van der Waals surface area contributed by atoms with Crippen LogP contribution in [0.2, 0.25) is 0 Å². The van der Waals surface area contributed by atoms with E-state index < -0.39 is 0 Å². The quantitative estimate of drug-likeness (QED) is 0.767. The van der Waals surface area contributed by atoms with Crippen LogP contribution in [-0.4, -0.2) is 30.8 Å². The Bertz CT molecular complexity index is 204. The van der Waals surface area contributed by atoms with Crippen molar-refractivity contribution in [3.63, 3.8) is 0 Å². The molecule has 0 aromatic rings. The Kier molecular flexibility index (Phi) is 5.98. The van der Waals surface area contributed by atoms with E-state index in [0.29, 0.717) is 0 Å². The van der Waals surface area contributed by atoms with Crippen LogP contribution >= 0.6 is 12.4 Å². The van der Waals surface area contributed by atoms with Gasteiger partial charge in [0.25, 0.3) is 0 Å². The molecule has 0 unspecified atom stereocenters. The summed E-state index contributed by atoms with van der Waals surface area (Å²) < 4.78 is 5.40. The van der Waals surface area contributed by atoms with Crippen LogP contribution in [0.3, 0.4) is 0 Å². The molecule has 1 saturated heterocycles. The largest absolute Gasteiger partial charge is 0.443 e. The molecule has 0 saturated carbocycles. The van der Waals surface area contributed by atoms with Gasteiger partial charge in [0.15, 0.2) is 0 Å². The number of amides is 1. The Hall–Kier alpha value is -0.480. The topological polar surface area (TPSA) is 50.4 Å². The van der Waals surface area contributed by atoms with E-state index in [1.807, 2.05) is 20.8 Å². The number of rotatable bonds is 2. The molecule has 1 rings (SSSR count). The summed E-state index contributed by atoms with van der Waals surface area (Å²) in [5.74, 6) is 0. The molecule has 0 bridgehead atoms. The van der Waals surface area contributed by atoms with Gasteiger partial charge in [-0.1, -0.05) is 0 Å². The van der Waals surface area contributed by atoms with Crippen molar-refractivity contribution in [1.29, 1.82) is 0 Å². The second kappa shape index (κ2) is 6.18. The maximum atomic E-state index is 11.4. The van der Waals surface area contributed by atoms with Crippen LogP contribution in [-0.2, 0) is 4.74 Å². The summed E-state index contributed by atoms with van der Waals surface area (Å²) in [4.78, 5) is 11.4. The van der Waals surface area contributed by atoms with E-state index in [2.05, 4.69) is 10.6 Å². The Morgan fingerprint density at radius 3 is 2.40 bits per heavy atom. The molecule has 0 spiro atoms. The van der Waals surface area contributed by atoms with E-state index in [1.54, 1.807) is 0 Å². The molecule has 90 valence electrons. The summed E-state index contributed by atoms with van der Waals surface area (Å²) in [6.45, 7) is 7.68. The monoisotopic (exact) mass is 236 g/mol. The molecule has 15 heavy (non-hydrogen) atoms. The minimum atomic E-state index is -0.301. The van der Waals surface area contributed by atoms with Gasteiger partial charge >= 0.3 is 6.09 Å². The third-order valence-electron chi connectivity index (χ3n) is 2.41. The average molecular weight is 237 g/mol. The number of halogens is 1. The highest BCUT2D eigenvalue weighted by atomic mass is 35.5. The first-order chi connectivity index (χ1) is 6.52. The number of piperidine rings is 1. The van der Waals surface area contributed by atoms with E-state index in [-0.39, 0.29) is 30.1 Å². The fourth-order valence-electron chi connectivity index (χ4n) is 1.55. The number of hydrogen-bond donors (Lipinski definition) is 2. The van der Waals surface area contributed by atoms with Gasteiger partial charge in [-0.05, 0) is 46.7 Å². The minimum absolute atomic E-state index is 0. The molecule has 1 heterocycles. The van der Waals surface area contributed by atoms with Crippen molar-refractivity contribution < 1.29 is 9.53 Å². The van der Waals surface area contributed by atoms with Crippen LogP contribution in [0.5, 0.6) is 0 Å². The van der Waals surface area contributed by atoms with Gasteiger partial charge in [-0.25, -0.2) is 4.79 Å². The lowest BCUT2D eigenvalue weighted by Crippen LogP contribution is -2.45. The zero-order chi connectivity index (χ0) is 10.6. The van der Waals surface area contributed by atoms with Crippen molar-refractivity contribution in [1.82, 2.24) is 10.6 Å². The second-order valence-corrected chi connectivity index (χ2v) is 4.39. The highest BCUT2D eigenvalue weighted by Gasteiger charge is 2.30. The number of carbonyl (C=O) groups is 1. The average Bonchev–Trinajstić information content (AvgIpc) is 2.02. The predicted molar refractivity (Wildman–Crippen MR) is 62.5 cm³/mol. The number of nitrogens with one attached hydrogen (secondary N) is 2. The van der Waals surface area contributed by atoms with Crippen LogP contribution in [0.25, 0.3) is 0 Å². The molecular weight excluding hydrogens is 216 g/mol.